The molecule has 9 heteroatoms. The van der Waals surface area contributed by atoms with E-state index in [4.69, 9.17) is 23.2 Å². The van der Waals surface area contributed by atoms with Gasteiger partial charge in [-0.25, -0.2) is 13.2 Å². The Morgan fingerprint density at radius 2 is 1.46 bits per heavy atom. The van der Waals surface area contributed by atoms with Crippen LogP contribution in [0.2, 0.25) is 10.0 Å². The lowest BCUT2D eigenvalue weighted by atomic mass is 10.2. The van der Waals surface area contributed by atoms with Crippen molar-refractivity contribution in [2.24, 2.45) is 0 Å². The van der Waals surface area contributed by atoms with Crippen LogP contribution in [0.5, 0.6) is 0 Å². The van der Waals surface area contributed by atoms with E-state index >= 15 is 0 Å². The Hall–Kier alpha value is -1.96. The van der Waals surface area contributed by atoms with Crippen LogP contribution in [0.25, 0.3) is 0 Å². The van der Waals surface area contributed by atoms with Gasteiger partial charge in [-0.1, -0.05) is 36.0 Å². The number of hydrogen-bond acceptors (Lipinski definition) is 3. The molecular weight excluding hydrogens is 421 g/mol. The summed E-state index contributed by atoms with van der Waals surface area (Å²) < 4.78 is 27.5. The molecule has 0 aliphatic carbocycles. The average Bonchev–Trinajstić information content (AvgIpc) is 2.94. The minimum atomic E-state index is -3.79. The summed E-state index contributed by atoms with van der Waals surface area (Å²) in [6.07, 6.45) is 4.29. The van der Waals surface area contributed by atoms with E-state index in [0.717, 1.165) is 38.8 Å². The second-order valence-corrected chi connectivity index (χ2v) is 9.09. The van der Waals surface area contributed by atoms with Crippen LogP contribution in [0.3, 0.4) is 0 Å². The number of hydrogen-bond donors (Lipinski definition) is 2. The molecule has 1 heterocycles. The first kappa shape index (κ1) is 20.8. The number of halogens is 2. The fourth-order valence-electron chi connectivity index (χ4n) is 2.97. The van der Waals surface area contributed by atoms with Gasteiger partial charge in [0.25, 0.3) is 10.0 Å². The Labute approximate surface area is 174 Å². The maximum Gasteiger partial charge on any atom is 0.321 e. The van der Waals surface area contributed by atoms with Gasteiger partial charge >= 0.3 is 6.03 Å². The van der Waals surface area contributed by atoms with Gasteiger partial charge in [0.15, 0.2) is 0 Å². The molecule has 150 valence electrons. The Kier molecular flexibility index (Phi) is 6.69. The van der Waals surface area contributed by atoms with E-state index in [2.05, 4.69) is 10.0 Å². The molecule has 0 radical (unpaired) electrons. The molecule has 2 aromatic carbocycles. The molecule has 2 aromatic rings. The largest absolute Gasteiger partial charge is 0.325 e. The van der Waals surface area contributed by atoms with Crippen LogP contribution in [0, 0.1) is 0 Å². The van der Waals surface area contributed by atoms with Crippen LogP contribution in [0.4, 0.5) is 16.2 Å². The van der Waals surface area contributed by atoms with E-state index in [9.17, 15) is 13.2 Å². The van der Waals surface area contributed by atoms with E-state index in [1.807, 2.05) is 0 Å². The van der Waals surface area contributed by atoms with Gasteiger partial charge in [0, 0.05) is 18.8 Å². The highest BCUT2D eigenvalue weighted by molar-refractivity contribution is 7.92. The number of benzene rings is 2. The van der Waals surface area contributed by atoms with Crippen LogP contribution in [-0.4, -0.2) is 32.4 Å². The van der Waals surface area contributed by atoms with Crippen LogP contribution in [0.1, 0.15) is 25.7 Å². The molecule has 3 rings (SSSR count). The van der Waals surface area contributed by atoms with E-state index in [0.29, 0.717) is 16.4 Å². The molecule has 2 amide bonds. The van der Waals surface area contributed by atoms with Crippen molar-refractivity contribution < 1.29 is 13.2 Å². The fraction of sp³-hybridized carbons (Fsp3) is 0.316. The molecular formula is C19H21Cl2N3O3S. The molecule has 0 aromatic heterocycles. The van der Waals surface area contributed by atoms with Gasteiger partial charge in [0.05, 0.1) is 20.6 Å². The molecule has 1 aliphatic heterocycles. The summed E-state index contributed by atoms with van der Waals surface area (Å²) in [6, 6.07) is 10.3. The number of sulfonamides is 1. The SMILES string of the molecule is O=C(Nc1ccc(S(=O)(=O)Nc2ccc(Cl)c(Cl)c2)cc1)N1CCCCCC1. The molecule has 2 N–H and O–H groups in total. The van der Waals surface area contributed by atoms with Gasteiger partial charge < -0.3 is 10.2 Å². The van der Waals surface area contributed by atoms with Crippen molar-refractivity contribution in [3.8, 4) is 0 Å². The molecule has 0 bridgehead atoms. The number of carbonyl (C=O) groups is 1. The molecule has 6 nitrogen and oxygen atoms in total. The molecule has 0 unspecified atom stereocenters. The summed E-state index contributed by atoms with van der Waals surface area (Å²) in [7, 11) is -3.79. The van der Waals surface area contributed by atoms with Gasteiger partial charge in [-0.15, -0.1) is 0 Å². The lowest BCUT2D eigenvalue weighted by Crippen LogP contribution is -2.35. The second-order valence-electron chi connectivity index (χ2n) is 6.59. The van der Waals surface area contributed by atoms with Crippen molar-refractivity contribution in [1.82, 2.24) is 4.90 Å². The lowest BCUT2D eigenvalue weighted by molar-refractivity contribution is 0.214. The number of likely N-dealkylation sites (tertiary alicyclic amines) is 1. The highest BCUT2D eigenvalue weighted by Gasteiger charge is 2.17. The highest BCUT2D eigenvalue weighted by atomic mass is 35.5. The first-order valence-corrected chi connectivity index (χ1v) is 11.2. The fourth-order valence-corrected chi connectivity index (χ4v) is 4.32. The van der Waals surface area contributed by atoms with Crippen molar-refractivity contribution in [3.63, 3.8) is 0 Å². The molecule has 0 atom stereocenters. The third-order valence-corrected chi connectivity index (χ3v) is 6.62. The zero-order valence-corrected chi connectivity index (χ0v) is 17.4. The maximum absolute atomic E-state index is 12.5. The topological polar surface area (TPSA) is 78.5 Å². The van der Waals surface area contributed by atoms with Crippen molar-refractivity contribution in [2.75, 3.05) is 23.1 Å². The summed E-state index contributed by atoms with van der Waals surface area (Å²) in [5.74, 6) is 0. The van der Waals surface area contributed by atoms with Crippen LogP contribution >= 0.6 is 23.2 Å². The minimum Gasteiger partial charge on any atom is -0.325 e. The monoisotopic (exact) mass is 441 g/mol. The molecule has 1 aliphatic rings. The van der Waals surface area contributed by atoms with E-state index in [-0.39, 0.29) is 15.9 Å². The summed E-state index contributed by atoms with van der Waals surface area (Å²) >= 11 is 11.8. The molecule has 1 saturated heterocycles. The number of amides is 2. The highest BCUT2D eigenvalue weighted by Crippen LogP contribution is 2.26. The minimum absolute atomic E-state index is 0.0753. The third kappa shape index (κ3) is 5.31. The first-order chi connectivity index (χ1) is 13.3. The summed E-state index contributed by atoms with van der Waals surface area (Å²) in [6.45, 7) is 1.48. The number of nitrogens with one attached hydrogen (secondary N) is 2. The van der Waals surface area contributed by atoms with Crippen LogP contribution < -0.4 is 10.0 Å². The van der Waals surface area contributed by atoms with Crippen molar-refractivity contribution >= 4 is 50.6 Å². The van der Waals surface area contributed by atoms with Gasteiger partial charge in [0.1, 0.15) is 0 Å². The number of rotatable bonds is 4. The summed E-state index contributed by atoms with van der Waals surface area (Å²) in [5, 5.41) is 3.42. The molecule has 1 fully saturated rings. The lowest BCUT2D eigenvalue weighted by Gasteiger charge is -2.20. The Bertz CT molecular complexity index is 941. The number of carbonyl (C=O) groups excluding carboxylic acids is 1. The summed E-state index contributed by atoms with van der Waals surface area (Å²) in [5.41, 5.74) is 0.857. The van der Waals surface area contributed by atoms with Crippen molar-refractivity contribution in [2.45, 2.75) is 30.6 Å². The average molecular weight is 442 g/mol. The van der Waals surface area contributed by atoms with Crippen molar-refractivity contribution in [1.29, 1.82) is 0 Å². The van der Waals surface area contributed by atoms with Gasteiger partial charge in [-0.3, -0.25) is 4.72 Å². The Balaban J connectivity index is 1.67. The standard InChI is InChI=1S/C19H21Cl2N3O3S/c20-17-10-7-15(13-18(17)21)23-28(26,27)16-8-5-14(6-9-16)22-19(25)24-11-3-1-2-4-12-24/h5-10,13,23H,1-4,11-12H2,(H,22,25). The van der Waals surface area contributed by atoms with E-state index in [1.54, 1.807) is 17.0 Å². The number of nitrogens with zero attached hydrogens (tertiary/aromatic N) is 1. The maximum atomic E-state index is 12.5. The second kappa shape index (κ2) is 9.03. The summed E-state index contributed by atoms with van der Waals surface area (Å²) in [4.78, 5) is 14.2. The smallest absolute Gasteiger partial charge is 0.321 e. The van der Waals surface area contributed by atoms with Crippen LogP contribution in [-0.2, 0) is 10.0 Å². The third-order valence-electron chi connectivity index (χ3n) is 4.48. The van der Waals surface area contributed by atoms with Gasteiger partial charge in [-0.05, 0) is 55.3 Å². The molecule has 0 saturated carbocycles. The number of anilines is 2. The Morgan fingerprint density at radius 1 is 0.857 bits per heavy atom. The van der Waals surface area contributed by atoms with E-state index in [1.165, 1.54) is 30.3 Å². The van der Waals surface area contributed by atoms with Gasteiger partial charge in [0.2, 0.25) is 0 Å². The van der Waals surface area contributed by atoms with Crippen molar-refractivity contribution in [3.05, 3.63) is 52.5 Å². The predicted molar refractivity (Wildman–Crippen MR) is 113 cm³/mol. The Morgan fingerprint density at radius 3 is 2.07 bits per heavy atom. The van der Waals surface area contributed by atoms with Crippen LogP contribution in [0.15, 0.2) is 47.4 Å². The zero-order chi connectivity index (χ0) is 20.1. The normalized spacial score (nSPS) is 15.0. The molecule has 28 heavy (non-hydrogen) atoms. The zero-order valence-electron chi connectivity index (χ0n) is 15.1. The predicted octanol–water partition coefficient (Wildman–Crippen LogP) is 5.20. The van der Waals surface area contributed by atoms with Gasteiger partial charge in [-0.2, -0.15) is 0 Å². The first-order valence-electron chi connectivity index (χ1n) is 8.99. The quantitative estimate of drug-likeness (QED) is 0.683. The van der Waals surface area contributed by atoms with E-state index < -0.39 is 10.0 Å². The number of urea groups is 1. The molecule has 0 spiro atoms.